The molecule has 1 fully saturated rings. The highest BCUT2D eigenvalue weighted by atomic mass is 19.1. The van der Waals surface area contributed by atoms with Gasteiger partial charge in [0.2, 0.25) is 0 Å². The summed E-state index contributed by atoms with van der Waals surface area (Å²) in [5, 5.41) is 2.73. The number of terminal acetylenes is 1. The molecule has 1 unspecified atom stereocenters. The molecule has 1 N–H and O–H groups in total. The third-order valence-corrected chi connectivity index (χ3v) is 6.68. The largest absolute Gasteiger partial charge is 0.312 e. The summed E-state index contributed by atoms with van der Waals surface area (Å²) >= 11 is 0. The highest BCUT2D eigenvalue weighted by Gasteiger charge is 2.27. The van der Waals surface area contributed by atoms with E-state index in [1.54, 1.807) is 24.5 Å². The molecule has 1 saturated carbocycles. The van der Waals surface area contributed by atoms with Crippen molar-refractivity contribution in [1.82, 2.24) is 24.1 Å². The van der Waals surface area contributed by atoms with Crippen LogP contribution in [0, 0.1) is 25.1 Å². The van der Waals surface area contributed by atoms with E-state index in [9.17, 15) is 9.18 Å². The number of hydrogen-bond acceptors (Lipinski definition) is 4. The number of nitrogens with one attached hydrogen (secondary N) is 1. The molecular formula is C27H23FN6O. The van der Waals surface area contributed by atoms with Crippen LogP contribution in [0.15, 0.2) is 49.1 Å². The average Bonchev–Trinajstić information content (AvgIpc) is 3.25. The predicted molar refractivity (Wildman–Crippen MR) is 130 cm³/mol. The molecule has 1 aliphatic heterocycles. The van der Waals surface area contributed by atoms with Crippen molar-refractivity contribution in [2.75, 3.05) is 5.32 Å². The van der Waals surface area contributed by atoms with Crippen molar-refractivity contribution in [2.45, 2.75) is 44.6 Å². The number of halogens is 1. The van der Waals surface area contributed by atoms with Crippen molar-refractivity contribution in [1.29, 1.82) is 0 Å². The van der Waals surface area contributed by atoms with E-state index in [1.165, 1.54) is 6.07 Å². The van der Waals surface area contributed by atoms with Crippen LogP contribution in [-0.2, 0) is 6.42 Å². The van der Waals surface area contributed by atoms with Crippen molar-refractivity contribution >= 4 is 11.7 Å². The smallest absolute Gasteiger partial charge is 0.259 e. The number of benzene rings is 1. The highest BCUT2D eigenvalue weighted by molar-refractivity contribution is 6.04. The van der Waals surface area contributed by atoms with E-state index < -0.39 is 11.7 Å². The molecule has 174 valence electrons. The van der Waals surface area contributed by atoms with Gasteiger partial charge in [0.25, 0.3) is 5.91 Å². The number of imidazole rings is 2. The second-order valence-electron chi connectivity index (χ2n) is 9.13. The average molecular weight is 467 g/mol. The molecule has 0 bridgehead atoms. The van der Waals surface area contributed by atoms with Gasteiger partial charge in [-0.3, -0.25) is 4.79 Å². The first kappa shape index (κ1) is 21.3. The van der Waals surface area contributed by atoms with Crippen LogP contribution in [0.3, 0.4) is 0 Å². The van der Waals surface area contributed by atoms with E-state index in [0.29, 0.717) is 28.9 Å². The van der Waals surface area contributed by atoms with Gasteiger partial charge in [0.05, 0.1) is 29.3 Å². The maximum absolute atomic E-state index is 14.8. The fourth-order valence-corrected chi connectivity index (χ4v) is 4.68. The molecule has 35 heavy (non-hydrogen) atoms. The van der Waals surface area contributed by atoms with Crippen LogP contribution in [0.4, 0.5) is 10.2 Å². The number of carbonyl (C=O) groups is 1. The van der Waals surface area contributed by atoms with Gasteiger partial charge in [-0.1, -0.05) is 12.0 Å². The quantitative estimate of drug-likeness (QED) is 0.428. The van der Waals surface area contributed by atoms with Crippen LogP contribution in [0.2, 0.25) is 0 Å². The molecule has 8 heteroatoms. The van der Waals surface area contributed by atoms with Gasteiger partial charge in [0.1, 0.15) is 17.3 Å². The number of carbonyl (C=O) groups excluding carboxylic acids is 1. The number of aryl methyl sites for hydroxylation is 2. The maximum Gasteiger partial charge on any atom is 0.259 e. The number of rotatable bonds is 5. The molecule has 0 spiro atoms. The minimum atomic E-state index is -0.592. The molecule has 4 heterocycles. The number of amides is 1. The Labute approximate surface area is 202 Å². The van der Waals surface area contributed by atoms with Crippen LogP contribution in [-0.4, -0.2) is 30.0 Å². The molecule has 3 aromatic heterocycles. The van der Waals surface area contributed by atoms with Gasteiger partial charge >= 0.3 is 0 Å². The Morgan fingerprint density at radius 1 is 1.23 bits per heavy atom. The lowest BCUT2D eigenvalue weighted by Gasteiger charge is -2.13. The Morgan fingerprint density at radius 2 is 2.09 bits per heavy atom. The fraction of sp³-hybridized carbons (Fsp3) is 0.259. The fourth-order valence-electron chi connectivity index (χ4n) is 4.68. The molecule has 6 rings (SSSR count). The monoisotopic (exact) mass is 466 g/mol. The molecule has 0 saturated heterocycles. The van der Waals surface area contributed by atoms with Crippen LogP contribution in [0.25, 0.3) is 17.2 Å². The van der Waals surface area contributed by atoms with Crippen LogP contribution in [0.5, 0.6) is 0 Å². The van der Waals surface area contributed by atoms with Gasteiger partial charge in [-0.05, 0) is 62.4 Å². The van der Waals surface area contributed by atoms with Gasteiger partial charge in [-0.2, -0.15) is 0 Å². The second-order valence-corrected chi connectivity index (χ2v) is 9.13. The minimum Gasteiger partial charge on any atom is -0.312 e. The summed E-state index contributed by atoms with van der Waals surface area (Å²) in [4.78, 5) is 26.6. The summed E-state index contributed by atoms with van der Waals surface area (Å²) < 4.78 is 18.7. The molecule has 1 atom stereocenters. The van der Waals surface area contributed by atoms with Crippen molar-refractivity contribution in [3.8, 4) is 29.5 Å². The van der Waals surface area contributed by atoms with E-state index >= 15 is 0 Å². The van der Waals surface area contributed by atoms with Crippen molar-refractivity contribution < 1.29 is 9.18 Å². The van der Waals surface area contributed by atoms with Crippen LogP contribution >= 0.6 is 0 Å². The van der Waals surface area contributed by atoms with Gasteiger partial charge in [0, 0.05) is 24.0 Å². The maximum atomic E-state index is 14.8. The van der Waals surface area contributed by atoms with Gasteiger partial charge in [-0.25, -0.2) is 19.3 Å². The topological polar surface area (TPSA) is 77.6 Å². The predicted octanol–water partition coefficient (Wildman–Crippen LogP) is 4.83. The summed E-state index contributed by atoms with van der Waals surface area (Å²) in [5.41, 5.74) is 4.05. The van der Waals surface area contributed by atoms with Gasteiger partial charge in [-0.15, -0.1) is 6.42 Å². The number of anilines is 1. The SMILES string of the molecule is C#CC1CCc2cnc(-c3cccc(NC(=O)c4cc(-n5cnc(C6CC6)c5)c(C)cc4F)n3)n21. The molecule has 1 aliphatic carbocycles. The number of pyridine rings is 1. The molecule has 4 aromatic rings. The second kappa shape index (κ2) is 8.20. The lowest BCUT2D eigenvalue weighted by Crippen LogP contribution is -2.16. The molecule has 1 aromatic carbocycles. The Kier molecular flexibility index (Phi) is 4.99. The standard InChI is InChI=1S/C27H23FN6O/c1-3-18-9-10-19-13-29-26(34(18)19)22-5-4-6-25(31-22)32-27(35)20-12-24(16(2)11-21(20)28)33-14-23(30-15-33)17-7-8-17/h1,4-6,11-15,17-18H,7-10H2,2H3,(H,31,32,35). The van der Waals surface area contributed by atoms with E-state index in [0.717, 1.165) is 42.6 Å². The highest BCUT2D eigenvalue weighted by Crippen LogP contribution is 2.39. The molecule has 7 nitrogen and oxygen atoms in total. The van der Waals surface area contributed by atoms with E-state index in [2.05, 4.69) is 26.2 Å². The third-order valence-electron chi connectivity index (χ3n) is 6.68. The Bertz CT molecular complexity index is 1510. The summed E-state index contributed by atoms with van der Waals surface area (Å²) in [7, 11) is 0. The van der Waals surface area contributed by atoms with Crippen molar-refractivity contribution in [2.24, 2.45) is 0 Å². The van der Waals surface area contributed by atoms with Gasteiger partial charge in [0.15, 0.2) is 5.82 Å². The van der Waals surface area contributed by atoms with Crippen molar-refractivity contribution in [3.05, 3.63) is 77.4 Å². The first-order valence-electron chi connectivity index (χ1n) is 11.7. The number of hydrogen-bond donors (Lipinski definition) is 1. The zero-order chi connectivity index (χ0) is 24.1. The third kappa shape index (κ3) is 3.79. The van der Waals surface area contributed by atoms with E-state index in [4.69, 9.17) is 6.42 Å². The summed E-state index contributed by atoms with van der Waals surface area (Å²) in [5.74, 6) is 3.10. The lowest BCUT2D eigenvalue weighted by molar-refractivity contribution is 0.102. The summed E-state index contributed by atoms with van der Waals surface area (Å²) in [6.07, 6.45) is 15.2. The Balaban J connectivity index is 1.28. The van der Waals surface area contributed by atoms with Crippen LogP contribution in [0.1, 0.15) is 58.5 Å². The first-order chi connectivity index (χ1) is 17.0. The summed E-state index contributed by atoms with van der Waals surface area (Å²) in [6, 6.07) is 8.13. The van der Waals surface area contributed by atoms with E-state index in [1.807, 2.05) is 34.5 Å². The zero-order valence-corrected chi connectivity index (χ0v) is 19.2. The molecule has 2 aliphatic rings. The number of fused-ring (bicyclic) bond motifs is 1. The number of nitrogens with zero attached hydrogens (tertiary/aromatic N) is 5. The molecule has 1 amide bonds. The lowest BCUT2D eigenvalue weighted by atomic mass is 10.1. The van der Waals surface area contributed by atoms with E-state index in [-0.39, 0.29) is 11.6 Å². The minimum absolute atomic E-state index is 0.0615. The van der Waals surface area contributed by atoms with Crippen molar-refractivity contribution in [3.63, 3.8) is 0 Å². The summed E-state index contributed by atoms with van der Waals surface area (Å²) in [6.45, 7) is 1.81. The Hall–Kier alpha value is -4.25. The van der Waals surface area contributed by atoms with Crippen LogP contribution < -0.4 is 5.32 Å². The first-order valence-corrected chi connectivity index (χ1v) is 11.7. The molecule has 0 radical (unpaired) electrons. The zero-order valence-electron chi connectivity index (χ0n) is 19.2. The van der Waals surface area contributed by atoms with Gasteiger partial charge < -0.3 is 14.5 Å². The molecular weight excluding hydrogens is 443 g/mol. The Morgan fingerprint density at radius 3 is 2.89 bits per heavy atom. The normalized spacial score (nSPS) is 16.7. The number of aromatic nitrogens is 5.